The van der Waals surface area contributed by atoms with Crippen LogP contribution < -0.4 is 10.6 Å². The fourth-order valence-electron chi connectivity index (χ4n) is 4.33. The highest BCUT2D eigenvalue weighted by molar-refractivity contribution is 5.96. The van der Waals surface area contributed by atoms with Gasteiger partial charge in [-0.3, -0.25) is 14.6 Å². The number of ether oxygens (including phenoxy) is 1. The molecule has 1 heterocycles. The summed E-state index contributed by atoms with van der Waals surface area (Å²) in [6.07, 6.45) is 1.65. The van der Waals surface area contributed by atoms with Crippen LogP contribution in [-0.2, 0) is 20.7 Å². The topological polar surface area (TPSA) is 118 Å². The van der Waals surface area contributed by atoms with E-state index in [-0.39, 0.29) is 18.9 Å². The van der Waals surface area contributed by atoms with Crippen LogP contribution in [0.3, 0.4) is 0 Å². The number of aliphatic carboxylic acids is 1. The van der Waals surface area contributed by atoms with Crippen molar-refractivity contribution in [3.05, 3.63) is 83.7 Å². The molecule has 8 heteroatoms. The van der Waals surface area contributed by atoms with Gasteiger partial charge >= 0.3 is 12.1 Å². The summed E-state index contributed by atoms with van der Waals surface area (Å²) in [6.45, 7) is 2.08. The van der Waals surface area contributed by atoms with E-state index in [1.165, 1.54) is 12.3 Å². The van der Waals surface area contributed by atoms with E-state index in [2.05, 4.69) is 27.8 Å². The van der Waals surface area contributed by atoms with Gasteiger partial charge in [0.2, 0.25) is 5.91 Å². The van der Waals surface area contributed by atoms with E-state index in [1.807, 2.05) is 43.3 Å². The number of benzene rings is 2. The first-order valence-electron chi connectivity index (χ1n) is 11.6. The Bertz CT molecular complexity index is 1180. The van der Waals surface area contributed by atoms with Crippen LogP contribution in [0.2, 0.25) is 0 Å². The van der Waals surface area contributed by atoms with E-state index in [1.54, 1.807) is 6.07 Å². The Hall–Kier alpha value is -4.20. The Morgan fingerprint density at radius 3 is 2.23 bits per heavy atom. The van der Waals surface area contributed by atoms with Crippen LogP contribution in [0, 0.1) is 0 Å². The number of carboxylic acid groups (broad SMARTS) is 1. The second-order valence-electron chi connectivity index (χ2n) is 8.41. The number of aromatic nitrogens is 1. The van der Waals surface area contributed by atoms with Crippen molar-refractivity contribution in [2.45, 2.75) is 38.1 Å². The number of amides is 2. The van der Waals surface area contributed by atoms with Crippen LogP contribution in [0.1, 0.15) is 42.5 Å². The van der Waals surface area contributed by atoms with E-state index in [0.717, 1.165) is 22.3 Å². The van der Waals surface area contributed by atoms with Crippen molar-refractivity contribution in [2.75, 3.05) is 11.9 Å². The summed E-state index contributed by atoms with van der Waals surface area (Å²) >= 11 is 0. The van der Waals surface area contributed by atoms with Crippen molar-refractivity contribution < 1.29 is 24.2 Å². The van der Waals surface area contributed by atoms with Crippen molar-refractivity contribution in [2.24, 2.45) is 0 Å². The highest BCUT2D eigenvalue weighted by Gasteiger charge is 2.29. The summed E-state index contributed by atoms with van der Waals surface area (Å²) in [7, 11) is 0. The lowest BCUT2D eigenvalue weighted by molar-refractivity contribution is -0.136. The second kappa shape index (κ2) is 10.8. The molecule has 0 aliphatic heterocycles. The van der Waals surface area contributed by atoms with Gasteiger partial charge < -0.3 is 20.5 Å². The first-order chi connectivity index (χ1) is 17.0. The molecular weight excluding hydrogens is 446 g/mol. The molecule has 0 saturated heterocycles. The molecule has 35 heavy (non-hydrogen) atoms. The number of anilines is 1. The van der Waals surface area contributed by atoms with Crippen LogP contribution in [-0.4, -0.2) is 40.7 Å². The minimum absolute atomic E-state index is 0.0676. The summed E-state index contributed by atoms with van der Waals surface area (Å²) in [5.74, 6) is -1.44. The largest absolute Gasteiger partial charge is 0.481 e. The van der Waals surface area contributed by atoms with Crippen molar-refractivity contribution >= 4 is 23.7 Å². The number of carbonyl (C=O) groups is 3. The molecule has 3 N–H and O–H groups in total. The van der Waals surface area contributed by atoms with E-state index in [9.17, 15) is 14.4 Å². The average Bonchev–Trinajstić information content (AvgIpc) is 3.17. The van der Waals surface area contributed by atoms with Crippen molar-refractivity contribution in [3.63, 3.8) is 0 Å². The number of carbonyl (C=O) groups excluding carboxylic acids is 2. The number of hydrogen-bond acceptors (Lipinski definition) is 5. The van der Waals surface area contributed by atoms with Gasteiger partial charge in [-0.1, -0.05) is 61.9 Å². The maximum absolute atomic E-state index is 12.8. The molecule has 0 spiro atoms. The molecule has 0 bridgehead atoms. The smallest absolute Gasteiger partial charge is 0.407 e. The third-order valence-electron chi connectivity index (χ3n) is 5.95. The fraction of sp³-hybridized carbons (Fsp3) is 0.259. The number of carboxylic acids is 1. The first-order valence-corrected chi connectivity index (χ1v) is 11.6. The van der Waals surface area contributed by atoms with E-state index < -0.39 is 24.0 Å². The van der Waals surface area contributed by atoms with Gasteiger partial charge in [0.1, 0.15) is 12.6 Å². The molecule has 1 aliphatic rings. The average molecular weight is 474 g/mol. The Kier molecular flexibility index (Phi) is 7.40. The molecular formula is C27H27N3O5. The molecule has 1 aromatic heterocycles. The van der Waals surface area contributed by atoms with Crippen LogP contribution >= 0.6 is 0 Å². The standard InChI is InChI=1S/C27H27N3O5/c1-2-7-24(26(33)29-18-13-12-17(28-15-18)14-25(31)32)30-27(34)35-16-23-21-10-5-3-8-19(21)20-9-4-6-11-22(20)23/h3-6,8-13,15,23-24H,2,7,14,16H2,1H3,(H,29,33)(H,30,34)(H,31,32)/t24-/m0/s1. The van der Waals surface area contributed by atoms with Crippen molar-refractivity contribution in [3.8, 4) is 11.1 Å². The zero-order valence-electron chi connectivity index (χ0n) is 19.4. The monoisotopic (exact) mass is 473 g/mol. The first kappa shape index (κ1) is 23.9. The molecule has 0 saturated carbocycles. The second-order valence-corrected chi connectivity index (χ2v) is 8.41. The molecule has 1 atom stereocenters. The number of rotatable bonds is 9. The lowest BCUT2D eigenvalue weighted by Crippen LogP contribution is -2.44. The summed E-state index contributed by atoms with van der Waals surface area (Å²) in [5, 5.41) is 14.2. The van der Waals surface area contributed by atoms with Crippen LogP contribution in [0.15, 0.2) is 66.9 Å². The molecule has 8 nitrogen and oxygen atoms in total. The summed E-state index contributed by atoms with van der Waals surface area (Å²) in [5.41, 5.74) is 5.31. The predicted octanol–water partition coefficient (Wildman–Crippen LogP) is 4.35. The number of nitrogens with zero attached hydrogens (tertiary/aromatic N) is 1. The van der Waals surface area contributed by atoms with E-state index in [4.69, 9.17) is 9.84 Å². The minimum atomic E-state index is -0.982. The Balaban J connectivity index is 1.37. The zero-order chi connectivity index (χ0) is 24.8. The van der Waals surface area contributed by atoms with Crippen molar-refractivity contribution in [1.29, 1.82) is 0 Å². The van der Waals surface area contributed by atoms with Gasteiger partial charge in [0.15, 0.2) is 0 Å². The van der Waals surface area contributed by atoms with Gasteiger partial charge in [-0.05, 0) is 40.8 Å². The Labute approximate surface area is 203 Å². The van der Waals surface area contributed by atoms with E-state index in [0.29, 0.717) is 24.2 Å². The summed E-state index contributed by atoms with van der Waals surface area (Å²) in [4.78, 5) is 40.3. The lowest BCUT2D eigenvalue weighted by Gasteiger charge is -2.19. The predicted molar refractivity (Wildman–Crippen MR) is 131 cm³/mol. The quantitative estimate of drug-likeness (QED) is 0.425. The van der Waals surface area contributed by atoms with Gasteiger partial charge in [-0.2, -0.15) is 0 Å². The van der Waals surface area contributed by atoms with Crippen molar-refractivity contribution in [1.82, 2.24) is 10.3 Å². The summed E-state index contributed by atoms with van der Waals surface area (Å²) < 4.78 is 5.57. The molecule has 4 rings (SSSR count). The number of hydrogen-bond donors (Lipinski definition) is 3. The van der Waals surface area contributed by atoms with Gasteiger partial charge in [-0.25, -0.2) is 4.79 Å². The van der Waals surface area contributed by atoms with Gasteiger partial charge in [-0.15, -0.1) is 0 Å². The van der Waals surface area contributed by atoms with Crippen LogP contribution in [0.25, 0.3) is 11.1 Å². The summed E-state index contributed by atoms with van der Waals surface area (Å²) in [6, 6.07) is 18.5. The number of nitrogens with one attached hydrogen (secondary N) is 2. The maximum atomic E-state index is 12.8. The molecule has 2 aromatic carbocycles. The third kappa shape index (κ3) is 5.66. The Morgan fingerprint density at radius 1 is 1.00 bits per heavy atom. The highest BCUT2D eigenvalue weighted by atomic mass is 16.5. The minimum Gasteiger partial charge on any atom is -0.481 e. The molecule has 3 aromatic rings. The molecule has 1 aliphatic carbocycles. The SMILES string of the molecule is CCC[C@H](NC(=O)OCC1c2ccccc2-c2ccccc21)C(=O)Nc1ccc(CC(=O)O)nc1. The molecule has 0 radical (unpaired) electrons. The molecule has 180 valence electrons. The molecule has 0 fully saturated rings. The van der Waals surface area contributed by atoms with Crippen LogP contribution in [0.4, 0.5) is 10.5 Å². The third-order valence-corrected chi connectivity index (χ3v) is 5.95. The molecule has 2 amide bonds. The number of pyridine rings is 1. The number of alkyl carbamates (subject to hydrolysis) is 1. The van der Waals surface area contributed by atoms with Gasteiger partial charge in [0.25, 0.3) is 0 Å². The lowest BCUT2D eigenvalue weighted by atomic mass is 9.98. The fourth-order valence-corrected chi connectivity index (χ4v) is 4.33. The highest BCUT2D eigenvalue weighted by Crippen LogP contribution is 2.44. The number of fused-ring (bicyclic) bond motifs is 3. The Morgan fingerprint density at radius 2 is 1.66 bits per heavy atom. The van der Waals surface area contributed by atoms with E-state index >= 15 is 0 Å². The van der Waals surface area contributed by atoms with Crippen LogP contribution in [0.5, 0.6) is 0 Å². The zero-order valence-corrected chi connectivity index (χ0v) is 19.4. The normalized spacial score (nSPS) is 12.8. The van der Waals surface area contributed by atoms with Gasteiger partial charge in [0.05, 0.1) is 24.0 Å². The van der Waals surface area contributed by atoms with Gasteiger partial charge in [0, 0.05) is 5.92 Å². The molecule has 0 unspecified atom stereocenters. The maximum Gasteiger partial charge on any atom is 0.407 e.